The lowest BCUT2D eigenvalue weighted by Gasteiger charge is -2.33. The van der Waals surface area contributed by atoms with Gasteiger partial charge in [-0.3, -0.25) is 4.79 Å². The summed E-state index contributed by atoms with van der Waals surface area (Å²) in [4.78, 5) is 14.0. The number of carbonyl (C=O) groups is 1. The molecule has 0 radical (unpaired) electrons. The Labute approximate surface area is 169 Å². The van der Waals surface area contributed by atoms with E-state index in [-0.39, 0.29) is 42.5 Å². The second-order valence-corrected chi connectivity index (χ2v) is 8.57. The molecule has 0 N–H and O–H groups in total. The number of nitriles is 1. The highest BCUT2D eigenvalue weighted by Crippen LogP contribution is 2.21. The van der Waals surface area contributed by atoms with Gasteiger partial charge in [0.25, 0.3) is 0 Å². The van der Waals surface area contributed by atoms with Gasteiger partial charge in [-0.25, -0.2) is 8.42 Å². The Kier molecular flexibility index (Phi) is 6.15. The smallest absolute Gasteiger partial charge is 0.246 e. The number of amides is 1. The Morgan fingerprint density at radius 2 is 1.68 bits per heavy atom. The van der Waals surface area contributed by atoms with E-state index in [1.807, 2.05) is 18.2 Å². The van der Waals surface area contributed by atoms with Gasteiger partial charge < -0.3 is 4.90 Å². The van der Waals surface area contributed by atoms with E-state index in [1.54, 1.807) is 35.2 Å². The summed E-state index contributed by atoms with van der Waals surface area (Å²) in [6.45, 7) is 0.945. The summed E-state index contributed by atoms with van der Waals surface area (Å²) in [7, 11) is -3.77. The molecule has 1 amide bonds. The minimum Gasteiger partial charge on any atom is -0.337 e. The summed E-state index contributed by atoms with van der Waals surface area (Å²) in [5.41, 5.74) is 0.971. The number of piperazine rings is 1. The van der Waals surface area contributed by atoms with Gasteiger partial charge in [0.15, 0.2) is 0 Å². The molecule has 0 aromatic heterocycles. The topological polar surface area (TPSA) is 81.5 Å². The van der Waals surface area contributed by atoms with Crippen LogP contribution in [0.3, 0.4) is 0 Å². The number of hydrogen-bond acceptors (Lipinski definition) is 4. The molecule has 0 unspecified atom stereocenters. The molecule has 0 spiro atoms. The number of benzene rings is 2. The maximum atomic E-state index is 12.8. The summed E-state index contributed by atoms with van der Waals surface area (Å²) in [6.07, 6.45) is 3.17. The maximum Gasteiger partial charge on any atom is 0.246 e. The van der Waals surface area contributed by atoms with Gasteiger partial charge in [-0.1, -0.05) is 35.9 Å². The molecule has 8 heteroatoms. The molecule has 144 valence electrons. The van der Waals surface area contributed by atoms with Crippen molar-refractivity contribution in [2.75, 3.05) is 26.2 Å². The molecule has 3 rings (SSSR count). The molecule has 1 saturated heterocycles. The first-order valence-corrected chi connectivity index (χ1v) is 10.5. The predicted molar refractivity (Wildman–Crippen MR) is 107 cm³/mol. The highest BCUT2D eigenvalue weighted by Gasteiger charge is 2.31. The van der Waals surface area contributed by atoms with E-state index in [0.29, 0.717) is 5.02 Å². The van der Waals surface area contributed by atoms with Gasteiger partial charge in [-0.2, -0.15) is 9.57 Å². The first-order valence-electron chi connectivity index (χ1n) is 8.63. The Hall–Kier alpha value is -2.66. The van der Waals surface area contributed by atoms with Crippen LogP contribution in [0.4, 0.5) is 0 Å². The van der Waals surface area contributed by atoms with Crippen molar-refractivity contribution in [3.05, 3.63) is 70.8 Å². The normalized spacial score (nSPS) is 15.5. The fourth-order valence-electron chi connectivity index (χ4n) is 2.92. The van der Waals surface area contributed by atoms with E-state index in [0.717, 1.165) is 5.56 Å². The largest absolute Gasteiger partial charge is 0.337 e. The molecule has 2 aromatic rings. The Bertz CT molecular complexity index is 1040. The van der Waals surface area contributed by atoms with Gasteiger partial charge in [0.05, 0.1) is 10.5 Å². The number of rotatable bonds is 4. The van der Waals surface area contributed by atoms with Crippen molar-refractivity contribution in [3.63, 3.8) is 0 Å². The molecule has 1 fully saturated rings. The van der Waals surface area contributed by atoms with Gasteiger partial charge in [0.1, 0.15) is 6.07 Å². The van der Waals surface area contributed by atoms with Crippen LogP contribution in [-0.4, -0.2) is 49.7 Å². The van der Waals surface area contributed by atoms with Crippen molar-refractivity contribution in [1.82, 2.24) is 9.21 Å². The highest BCUT2D eigenvalue weighted by atomic mass is 35.5. The maximum absolute atomic E-state index is 12.8. The number of nitrogens with zero attached hydrogens (tertiary/aromatic N) is 3. The van der Waals surface area contributed by atoms with Crippen LogP contribution in [-0.2, 0) is 14.8 Å². The lowest BCUT2D eigenvalue weighted by molar-refractivity contribution is -0.127. The molecule has 2 aromatic carbocycles. The van der Waals surface area contributed by atoms with E-state index < -0.39 is 10.0 Å². The van der Waals surface area contributed by atoms with Gasteiger partial charge in [0.2, 0.25) is 15.9 Å². The van der Waals surface area contributed by atoms with Crippen molar-refractivity contribution in [3.8, 4) is 6.07 Å². The van der Waals surface area contributed by atoms with Crippen LogP contribution in [0.5, 0.6) is 0 Å². The van der Waals surface area contributed by atoms with E-state index in [9.17, 15) is 13.2 Å². The fourth-order valence-corrected chi connectivity index (χ4v) is 4.61. The highest BCUT2D eigenvalue weighted by molar-refractivity contribution is 7.89. The minimum atomic E-state index is -3.77. The fraction of sp³-hybridized carbons (Fsp3) is 0.200. The van der Waals surface area contributed by atoms with Crippen LogP contribution in [0.15, 0.2) is 59.5 Å². The lowest BCUT2D eigenvalue weighted by Crippen LogP contribution is -2.50. The van der Waals surface area contributed by atoms with Crippen LogP contribution in [0, 0.1) is 11.3 Å². The van der Waals surface area contributed by atoms with Gasteiger partial charge >= 0.3 is 0 Å². The third kappa shape index (κ3) is 4.42. The Balaban J connectivity index is 1.64. The number of carbonyl (C=O) groups excluding carboxylic acids is 1. The second kappa shape index (κ2) is 8.57. The standard InChI is InChI=1S/C20H18ClN3O3S/c21-18-8-5-16(6-9-18)7-10-20(25)23-11-13-24(14-12-23)28(26,27)19-4-2-1-3-17(19)15-22/h1-10H,11-14H2/b10-7+. The molecular weight excluding hydrogens is 398 g/mol. The van der Waals surface area contributed by atoms with Gasteiger partial charge in [-0.15, -0.1) is 0 Å². The third-order valence-corrected chi connectivity index (χ3v) is 6.67. The van der Waals surface area contributed by atoms with Crippen LogP contribution in [0.2, 0.25) is 5.02 Å². The first kappa shape index (κ1) is 20.1. The third-order valence-electron chi connectivity index (χ3n) is 4.46. The van der Waals surface area contributed by atoms with Crippen molar-refractivity contribution in [1.29, 1.82) is 5.26 Å². The Morgan fingerprint density at radius 3 is 2.32 bits per heavy atom. The Morgan fingerprint density at radius 1 is 1.04 bits per heavy atom. The first-order chi connectivity index (χ1) is 13.4. The van der Waals surface area contributed by atoms with Crippen molar-refractivity contribution in [2.24, 2.45) is 0 Å². The number of hydrogen-bond donors (Lipinski definition) is 0. The average molecular weight is 416 g/mol. The second-order valence-electron chi connectivity index (χ2n) is 6.22. The van der Waals surface area contributed by atoms with Crippen LogP contribution in [0.1, 0.15) is 11.1 Å². The summed E-state index contributed by atoms with van der Waals surface area (Å²) in [6, 6.07) is 15.2. The molecule has 28 heavy (non-hydrogen) atoms. The zero-order valence-corrected chi connectivity index (χ0v) is 16.5. The van der Waals surface area contributed by atoms with E-state index in [2.05, 4.69) is 0 Å². The average Bonchev–Trinajstić information content (AvgIpc) is 2.73. The molecule has 6 nitrogen and oxygen atoms in total. The molecule has 1 aliphatic rings. The van der Waals surface area contributed by atoms with Crippen molar-refractivity contribution >= 4 is 33.6 Å². The van der Waals surface area contributed by atoms with Gasteiger partial charge in [0, 0.05) is 37.3 Å². The molecular formula is C20H18ClN3O3S. The molecule has 0 atom stereocenters. The number of halogens is 1. The molecule has 0 aliphatic carbocycles. The summed E-state index contributed by atoms with van der Waals surface area (Å²) >= 11 is 5.84. The lowest BCUT2D eigenvalue weighted by atomic mass is 10.2. The molecule has 0 bridgehead atoms. The van der Waals surface area contributed by atoms with Crippen LogP contribution in [0.25, 0.3) is 6.08 Å². The van der Waals surface area contributed by atoms with Crippen LogP contribution < -0.4 is 0 Å². The zero-order chi connectivity index (χ0) is 20.1. The SMILES string of the molecule is N#Cc1ccccc1S(=O)(=O)N1CCN(C(=O)/C=C/c2ccc(Cl)cc2)CC1. The summed E-state index contributed by atoms with van der Waals surface area (Å²) in [5, 5.41) is 9.79. The molecule has 1 heterocycles. The van der Waals surface area contributed by atoms with Crippen molar-refractivity contribution in [2.45, 2.75) is 4.90 Å². The molecule has 1 aliphatic heterocycles. The quantitative estimate of drug-likeness (QED) is 0.719. The van der Waals surface area contributed by atoms with E-state index in [4.69, 9.17) is 16.9 Å². The zero-order valence-electron chi connectivity index (χ0n) is 15.0. The number of sulfonamides is 1. The predicted octanol–water partition coefficient (Wildman–Crippen LogP) is 2.76. The van der Waals surface area contributed by atoms with E-state index >= 15 is 0 Å². The van der Waals surface area contributed by atoms with Crippen LogP contribution >= 0.6 is 11.6 Å². The minimum absolute atomic E-state index is 0.0000826. The van der Waals surface area contributed by atoms with Gasteiger partial charge in [-0.05, 0) is 35.9 Å². The summed E-state index contributed by atoms with van der Waals surface area (Å²) < 4.78 is 27.0. The van der Waals surface area contributed by atoms with E-state index in [1.165, 1.54) is 22.5 Å². The monoisotopic (exact) mass is 415 g/mol. The summed E-state index contributed by atoms with van der Waals surface area (Å²) in [5.74, 6) is -0.176. The molecule has 0 saturated carbocycles. The van der Waals surface area contributed by atoms with Crippen molar-refractivity contribution < 1.29 is 13.2 Å².